The second-order valence-electron chi connectivity index (χ2n) is 5.38. The van der Waals surface area contributed by atoms with Crippen LogP contribution in [0.15, 0.2) is 24.3 Å². The van der Waals surface area contributed by atoms with Crippen molar-refractivity contribution in [3.8, 4) is 0 Å². The number of rotatable bonds is 7. The third-order valence-corrected chi connectivity index (χ3v) is 3.95. The molecule has 106 valence electrons. The van der Waals surface area contributed by atoms with E-state index in [0.29, 0.717) is 0 Å². The molecule has 0 saturated heterocycles. The van der Waals surface area contributed by atoms with Crippen LogP contribution in [0.5, 0.6) is 0 Å². The summed E-state index contributed by atoms with van der Waals surface area (Å²) < 4.78 is 10.7. The van der Waals surface area contributed by atoms with E-state index < -0.39 is 0 Å². The highest BCUT2D eigenvalue weighted by Gasteiger charge is 2.31. The van der Waals surface area contributed by atoms with E-state index in [-0.39, 0.29) is 5.54 Å². The smallest absolute Gasteiger partial charge is 0.0488 e. The van der Waals surface area contributed by atoms with Crippen molar-refractivity contribution in [3.05, 3.63) is 35.4 Å². The van der Waals surface area contributed by atoms with Gasteiger partial charge in [-0.2, -0.15) is 0 Å². The van der Waals surface area contributed by atoms with E-state index in [0.717, 1.165) is 45.5 Å². The van der Waals surface area contributed by atoms with Crippen molar-refractivity contribution in [1.82, 2.24) is 0 Å². The van der Waals surface area contributed by atoms with Crippen LogP contribution in [0.3, 0.4) is 0 Å². The van der Waals surface area contributed by atoms with Crippen LogP contribution in [-0.4, -0.2) is 26.9 Å². The van der Waals surface area contributed by atoms with Crippen molar-refractivity contribution in [3.63, 3.8) is 0 Å². The minimum absolute atomic E-state index is 0.198. The van der Waals surface area contributed by atoms with Crippen LogP contribution in [-0.2, 0) is 21.4 Å². The first kappa shape index (κ1) is 14.5. The van der Waals surface area contributed by atoms with Crippen LogP contribution < -0.4 is 5.73 Å². The highest BCUT2D eigenvalue weighted by Crippen LogP contribution is 2.35. The molecule has 3 nitrogen and oxygen atoms in total. The molecule has 1 aromatic carbocycles. The van der Waals surface area contributed by atoms with Gasteiger partial charge in [0.25, 0.3) is 0 Å². The van der Waals surface area contributed by atoms with Gasteiger partial charge >= 0.3 is 0 Å². The van der Waals surface area contributed by atoms with Crippen LogP contribution in [0.25, 0.3) is 0 Å². The predicted octanol–water partition coefficient (Wildman–Crippen LogP) is 2.62. The summed E-state index contributed by atoms with van der Waals surface area (Å²) >= 11 is 0. The molecule has 0 bridgehead atoms. The molecule has 0 spiro atoms. The van der Waals surface area contributed by atoms with E-state index in [1.807, 2.05) is 0 Å². The highest BCUT2D eigenvalue weighted by atomic mass is 16.5. The van der Waals surface area contributed by atoms with Crippen molar-refractivity contribution in [2.45, 2.75) is 37.6 Å². The minimum atomic E-state index is -0.198. The van der Waals surface area contributed by atoms with Crippen molar-refractivity contribution < 1.29 is 9.47 Å². The second-order valence-corrected chi connectivity index (χ2v) is 5.38. The quantitative estimate of drug-likeness (QED) is 0.769. The number of aryl methyl sites for hydroxylation is 1. The molecule has 1 unspecified atom stereocenters. The molecule has 0 heterocycles. The lowest BCUT2D eigenvalue weighted by molar-refractivity contribution is 0.0874. The molecule has 0 amide bonds. The van der Waals surface area contributed by atoms with E-state index >= 15 is 0 Å². The molecule has 1 atom stereocenters. The largest absolute Gasteiger partial charge is 0.385 e. The molecule has 2 rings (SSSR count). The fraction of sp³-hybridized carbons (Fsp3) is 0.625. The van der Waals surface area contributed by atoms with E-state index in [4.69, 9.17) is 15.2 Å². The first-order valence-electron chi connectivity index (χ1n) is 7.20. The van der Waals surface area contributed by atoms with Crippen LogP contribution in [0, 0.1) is 0 Å². The summed E-state index contributed by atoms with van der Waals surface area (Å²) in [6, 6.07) is 8.58. The lowest BCUT2D eigenvalue weighted by Gasteiger charge is -2.35. The third kappa shape index (κ3) is 3.78. The molecule has 1 aliphatic rings. The van der Waals surface area contributed by atoms with Gasteiger partial charge in [0.15, 0.2) is 0 Å². The lowest BCUT2D eigenvalue weighted by Crippen LogP contribution is -2.41. The van der Waals surface area contributed by atoms with Gasteiger partial charge in [-0.15, -0.1) is 0 Å². The van der Waals surface area contributed by atoms with Crippen molar-refractivity contribution >= 4 is 0 Å². The lowest BCUT2D eigenvalue weighted by atomic mass is 9.75. The number of fused-ring (bicyclic) bond motifs is 1. The van der Waals surface area contributed by atoms with Gasteiger partial charge in [0.05, 0.1) is 0 Å². The molecule has 1 aromatic rings. The van der Waals surface area contributed by atoms with Crippen molar-refractivity contribution in [1.29, 1.82) is 0 Å². The molecule has 0 radical (unpaired) electrons. The molecule has 0 saturated carbocycles. The van der Waals surface area contributed by atoms with Gasteiger partial charge in [0.1, 0.15) is 0 Å². The Morgan fingerprint density at radius 1 is 1.21 bits per heavy atom. The number of hydrogen-bond donors (Lipinski definition) is 1. The summed E-state index contributed by atoms with van der Waals surface area (Å²) in [5, 5.41) is 0. The van der Waals surface area contributed by atoms with E-state index in [1.54, 1.807) is 7.11 Å². The van der Waals surface area contributed by atoms with Gasteiger partial charge in [-0.3, -0.25) is 0 Å². The molecule has 19 heavy (non-hydrogen) atoms. The molecule has 0 aromatic heterocycles. The Labute approximate surface area is 116 Å². The monoisotopic (exact) mass is 263 g/mol. The number of benzene rings is 1. The number of hydrogen-bond acceptors (Lipinski definition) is 3. The van der Waals surface area contributed by atoms with Crippen LogP contribution in [0.4, 0.5) is 0 Å². The van der Waals surface area contributed by atoms with Gasteiger partial charge in [0, 0.05) is 32.5 Å². The summed E-state index contributed by atoms with van der Waals surface area (Å²) in [6.07, 6.45) is 5.24. The topological polar surface area (TPSA) is 44.5 Å². The van der Waals surface area contributed by atoms with Gasteiger partial charge in [-0.05, 0) is 43.2 Å². The van der Waals surface area contributed by atoms with E-state index in [2.05, 4.69) is 24.3 Å². The fourth-order valence-electron chi connectivity index (χ4n) is 2.87. The van der Waals surface area contributed by atoms with Gasteiger partial charge in [-0.25, -0.2) is 0 Å². The SMILES string of the molecule is COCCCOCCC1(N)CCCc2ccccc21. The summed E-state index contributed by atoms with van der Waals surface area (Å²) in [5.41, 5.74) is 9.14. The normalized spacial score (nSPS) is 22.2. The van der Waals surface area contributed by atoms with E-state index in [9.17, 15) is 0 Å². The molecule has 3 heteroatoms. The Balaban J connectivity index is 1.86. The number of ether oxygens (including phenoxy) is 2. The third-order valence-electron chi connectivity index (χ3n) is 3.95. The molecule has 0 aliphatic heterocycles. The van der Waals surface area contributed by atoms with E-state index in [1.165, 1.54) is 17.5 Å². The van der Waals surface area contributed by atoms with Crippen molar-refractivity contribution in [2.24, 2.45) is 5.73 Å². The maximum absolute atomic E-state index is 6.61. The average Bonchev–Trinajstić information content (AvgIpc) is 2.43. The molecule has 1 aliphatic carbocycles. The Morgan fingerprint density at radius 2 is 2.05 bits per heavy atom. The summed E-state index contributed by atoms with van der Waals surface area (Å²) in [4.78, 5) is 0. The van der Waals surface area contributed by atoms with Crippen LogP contribution in [0.2, 0.25) is 0 Å². The zero-order valence-corrected chi connectivity index (χ0v) is 11.9. The standard InChI is InChI=1S/C16H25NO2/c1-18-11-5-12-19-13-10-16(17)9-4-7-14-6-2-3-8-15(14)16/h2-3,6,8H,4-5,7,9-13,17H2,1H3. The van der Waals surface area contributed by atoms with Gasteiger partial charge < -0.3 is 15.2 Å². The van der Waals surface area contributed by atoms with Gasteiger partial charge in [0.2, 0.25) is 0 Å². The summed E-state index contributed by atoms with van der Waals surface area (Å²) in [6.45, 7) is 2.25. The van der Waals surface area contributed by atoms with Crippen LogP contribution in [0.1, 0.15) is 36.8 Å². The maximum Gasteiger partial charge on any atom is 0.0488 e. The fourth-order valence-corrected chi connectivity index (χ4v) is 2.87. The molecular formula is C16H25NO2. The number of methoxy groups -OCH3 is 1. The molecular weight excluding hydrogens is 238 g/mol. The summed E-state index contributed by atoms with van der Waals surface area (Å²) in [7, 11) is 1.72. The molecule has 0 fully saturated rings. The zero-order valence-electron chi connectivity index (χ0n) is 11.9. The first-order chi connectivity index (χ1) is 9.26. The zero-order chi connectivity index (χ0) is 13.6. The minimum Gasteiger partial charge on any atom is -0.385 e. The summed E-state index contributed by atoms with van der Waals surface area (Å²) in [5.74, 6) is 0. The Morgan fingerprint density at radius 3 is 2.89 bits per heavy atom. The maximum atomic E-state index is 6.61. The highest BCUT2D eigenvalue weighted by molar-refractivity contribution is 5.35. The number of nitrogens with two attached hydrogens (primary N) is 1. The molecule has 2 N–H and O–H groups in total. The van der Waals surface area contributed by atoms with Gasteiger partial charge in [-0.1, -0.05) is 24.3 Å². The average molecular weight is 263 g/mol. The van der Waals surface area contributed by atoms with Crippen LogP contribution >= 0.6 is 0 Å². The Hall–Kier alpha value is -0.900. The second kappa shape index (κ2) is 7.04. The van der Waals surface area contributed by atoms with Crippen molar-refractivity contribution in [2.75, 3.05) is 26.9 Å². The Bertz CT molecular complexity index is 394. The first-order valence-corrected chi connectivity index (χ1v) is 7.20. The predicted molar refractivity (Wildman–Crippen MR) is 77.2 cm³/mol. The Kier molecular flexibility index (Phi) is 5.37.